The number of hydrogen-bond donors (Lipinski definition) is 1. The molecule has 5 nitrogen and oxygen atoms in total. The van der Waals surface area contributed by atoms with Crippen LogP contribution in [0.1, 0.15) is 6.92 Å². The van der Waals surface area contributed by atoms with Crippen LogP contribution in [0.5, 0.6) is 0 Å². The first-order chi connectivity index (χ1) is 6.63. The monoisotopic (exact) mass is 191 g/mol. The lowest BCUT2D eigenvalue weighted by atomic mass is 10.3. The first-order valence-electron chi connectivity index (χ1n) is 3.96. The highest BCUT2D eigenvalue weighted by molar-refractivity contribution is 5.45. The number of nitrogens with one attached hydrogen (secondary N) is 1. The Morgan fingerprint density at radius 3 is 3.07 bits per heavy atom. The van der Waals surface area contributed by atoms with Crippen molar-refractivity contribution in [3.8, 4) is 12.3 Å². The lowest BCUT2D eigenvalue weighted by Crippen LogP contribution is -2.13. The molecule has 0 aromatic carbocycles. The average Bonchev–Trinajstić information content (AvgIpc) is 2.18. The highest BCUT2D eigenvalue weighted by atomic mass is 16.6. The second kappa shape index (κ2) is 4.23. The molecular formula is C9H9N3O2. The van der Waals surface area contributed by atoms with E-state index >= 15 is 0 Å². The van der Waals surface area contributed by atoms with E-state index in [-0.39, 0.29) is 11.7 Å². The predicted molar refractivity (Wildman–Crippen MR) is 52.8 cm³/mol. The van der Waals surface area contributed by atoms with Gasteiger partial charge in [-0.1, -0.05) is 5.92 Å². The van der Waals surface area contributed by atoms with Crippen molar-refractivity contribution in [2.75, 3.05) is 5.32 Å². The molecule has 14 heavy (non-hydrogen) atoms. The van der Waals surface area contributed by atoms with Crippen molar-refractivity contribution >= 4 is 11.5 Å². The van der Waals surface area contributed by atoms with Gasteiger partial charge in [0.1, 0.15) is 5.82 Å². The Labute approximate surface area is 81.3 Å². The van der Waals surface area contributed by atoms with E-state index in [0.717, 1.165) is 0 Å². The number of terminal acetylenes is 1. The SMILES string of the molecule is C#CC(C)Nc1cc([N+](=O)[O-])ccn1. The van der Waals surface area contributed by atoms with Crippen LogP contribution in [-0.4, -0.2) is 15.9 Å². The van der Waals surface area contributed by atoms with Gasteiger partial charge in [-0.25, -0.2) is 4.98 Å². The molecule has 72 valence electrons. The minimum absolute atomic E-state index is 0.00767. The average molecular weight is 191 g/mol. The summed E-state index contributed by atoms with van der Waals surface area (Å²) < 4.78 is 0. The van der Waals surface area contributed by atoms with Crippen molar-refractivity contribution in [2.24, 2.45) is 0 Å². The Morgan fingerprint density at radius 1 is 1.79 bits per heavy atom. The Balaban J connectivity index is 2.85. The third-order valence-electron chi connectivity index (χ3n) is 1.57. The molecule has 1 heterocycles. The number of aromatic nitrogens is 1. The lowest BCUT2D eigenvalue weighted by molar-refractivity contribution is -0.384. The van der Waals surface area contributed by atoms with Gasteiger partial charge in [-0.2, -0.15) is 0 Å². The molecule has 0 aliphatic rings. The summed E-state index contributed by atoms with van der Waals surface area (Å²) in [7, 11) is 0. The van der Waals surface area contributed by atoms with Gasteiger partial charge >= 0.3 is 0 Å². The molecule has 0 fully saturated rings. The number of hydrogen-bond acceptors (Lipinski definition) is 4. The van der Waals surface area contributed by atoms with Crippen LogP contribution < -0.4 is 5.32 Å². The fourth-order valence-corrected chi connectivity index (χ4v) is 0.875. The van der Waals surface area contributed by atoms with Gasteiger partial charge < -0.3 is 5.32 Å². The van der Waals surface area contributed by atoms with E-state index in [2.05, 4.69) is 16.2 Å². The molecule has 1 atom stereocenters. The zero-order valence-corrected chi connectivity index (χ0v) is 7.60. The van der Waals surface area contributed by atoms with Crippen molar-refractivity contribution in [1.29, 1.82) is 0 Å². The zero-order valence-electron chi connectivity index (χ0n) is 7.60. The molecule has 1 N–H and O–H groups in total. The quantitative estimate of drug-likeness (QED) is 0.445. The fraction of sp³-hybridized carbons (Fsp3) is 0.222. The van der Waals surface area contributed by atoms with Gasteiger partial charge in [0.2, 0.25) is 0 Å². The zero-order chi connectivity index (χ0) is 10.6. The highest BCUT2D eigenvalue weighted by Gasteiger charge is 2.07. The number of nitrogens with zero attached hydrogens (tertiary/aromatic N) is 2. The number of nitro groups is 1. The molecule has 1 unspecified atom stereocenters. The Kier molecular flexibility index (Phi) is 3.02. The molecule has 0 saturated carbocycles. The van der Waals surface area contributed by atoms with E-state index in [9.17, 15) is 10.1 Å². The van der Waals surface area contributed by atoms with Gasteiger partial charge in [-0.05, 0) is 6.92 Å². The normalized spacial score (nSPS) is 11.4. The Hall–Kier alpha value is -2.09. The van der Waals surface area contributed by atoms with E-state index in [1.807, 2.05) is 0 Å². The van der Waals surface area contributed by atoms with E-state index < -0.39 is 4.92 Å². The van der Waals surface area contributed by atoms with Crippen molar-refractivity contribution < 1.29 is 4.92 Å². The molecule has 0 saturated heterocycles. The van der Waals surface area contributed by atoms with Crippen molar-refractivity contribution in [3.05, 3.63) is 28.4 Å². The number of rotatable bonds is 3. The van der Waals surface area contributed by atoms with Crippen LogP contribution in [0.4, 0.5) is 11.5 Å². The minimum Gasteiger partial charge on any atom is -0.357 e. The van der Waals surface area contributed by atoms with E-state index in [4.69, 9.17) is 6.42 Å². The van der Waals surface area contributed by atoms with Gasteiger partial charge in [0.15, 0.2) is 0 Å². The van der Waals surface area contributed by atoms with E-state index in [1.165, 1.54) is 18.3 Å². The van der Waals surface area contributed by atoms with Crippen molar-refractivity contribution in [2.45, 2.75) is 13.0 Å². The molecule has 0 bridgehead atoms. The Bertz CT molecular complexity index is 384. The van der Waals surface area contributed by atoms with Crippen LogP contribution in [0.3, 0.4) is 0 Å². The summed E-state index contributed by atoms with van der Waals surface area (Å²) in [5.41, 5.74) is -0.00767. The summed E-state index contributed by atoms with van der Waals surface area (Å²) in [6, 6.07) is 2.46. The number of anilines is 1. The maximum absolute atomic E-state index is 10.4. The van der Waals surface area contributed by atoms with Crippen molar-refractivity contribution in [3.63, 3.8) is 0 Å². The summed E-state index contributed by atoms with van der Waals surface area (Å²) >= 11 is 0. The highest BCUT2D eigenvalue weighted by Crippen LogP contribution is 2.14. The molecule has 1 rings (SSSR count). The second-order valence-electron chi connectivity index (χ2n) is 2.69. The summed E-state index contributed by atoms with van der Waals surface area (Å²) in [6.45, 7) is 1.76. The largest absolute Gasteiger partial charge is 0.357 e. The molecule has 0 amide bonds. The summed E-state index contributed by atoms with van der Waals surface area (Å²) in [4.78, 5) is 13.8. The van der Waals surface area contributed by atoms with Crippen LogP contribution in [0.2, 0.25) is 0 Å². The van der Waals surface area contributed by atoms with Crippen LogP contribution in [0.15, 0.2) is 18.3 Å². The molecule has 5 heteroatoms. The van der Waals surface area contributed by atoms with Crippen LogP contribution >= 0.6 is 0 Å². The standard InChI is InChI=1S/C9H9N3O2/c1-3-7(2)11-9-6-8(12(13)14)4-5-10-9/h1,4-7H,2H3,(H,10,11). The topological polar surface area (TPSA) is 68.1 Å². The molecule has 1 aromatic heterocycles. The van der Waals surface area contributed by atoms with Gasteiger partial charge in [-0.3, -0.25) is 10.1 Å². The lowest BCUT2D eigenvalue weighted by Gasteiger charge is -2.06. The summed E-state index contributed by atoms with van der Waals surface area (Å²) in [5, 5.41) is 13.3. The molecule has 0 radical (unpaired) electrons. The van der Waals surface area contributed by atoms with Gasteiger partial charge in [0, 0.05) is 12.3 Å². The third kappa shape index (κ3) is 2.45. The van der Waals surface area contributed by atoms with E-state index in [0.29, 0.717) is 5.82 Å². The number of pyridine rings is 1. The van der Waals surface area contributed by atoms with Crippen LogP contribution in [-0.2, 0) is 0 Å². The molecule has 0 aliphatic heterocycles. The smallest absolute Gasteiger partial charge is 0.274 e. The van der Waals surface area contributed by atoms with Gasteiger partial charge in [-0.15, -0.1) is 6.42 Å². The predicted octanol–water partition coefficient (Wildman–Crippen LogP) is 1.42. The van der Waals surface area contributed by atoms with Gasteiger partial charge in [0.05, 0.1) is 17.0 Å². The maximum Gasteiger partial charge on any atom is 0.274 e. The second-order valence-corrected chi connectivity index (χ2v) is 2.69. The van der Waals surface area contributed by atoms with E-state index in [1.54, 1.807) is 6.92 Å². The fourth-order valence-electron chi connectivity index (χ4n) is 0.875. The van der Waals surface area contributed by atoms with Crippen molar-refractivity contribution in [1.82, 2.24) is 4.98 Å². The Morgan fingerprint density at radius 2 is 2.50 bits per heavy atom. The molecule has 0 spiro atoms. The minimum atomic E-state index is -0.479. The van der Waals surface area contributed by atoms with Crippen LogP contribution in [0.25, 0.3) is 0 Å². The third-order valence-corrected chi connectivity index (χ3v) is 1.57. The van der Waals surface area contributed by atoms with Gasteiger partial charge in [0.25, 0.3) is 5.69 Å². The summed E-state index contributed by atoms with van der Waals surface area (Å²) in [5.74, 6) is 2.85. The summed E-state index contributed by atoms with van der Waals surface area (Å²) in [6.07, 6.45) is 6.51. The first kappa shape index (κ1) is 9.99. The first-order valence-corrected chi connectivity index (χ1v) is 3.96. The molecule has 1 aromatic rings. The molecular weight excluding hydrogens is 182 g/mol. The molecule has 0 aliphatic carbocycles. The van der Waals surface area contributed by atoms with Crippen LogP contribution in [0, 0.1) is 22.5 Å². The maximum atomic E-state index is 10.4.